The summed E-state index contributed by atoms with van der Waals surface area (Å²) in [6, 6.07) is 13.1. The molecule has 1 aliphatic rings. The topological polar surface area (TPSA) is 91.7 Å². The van der Waals surface area contributed by atoms with Gasteiger partial charge in [-0.3, -0.25) is 4.79 Å². The zero-order valence-electron chi connectivity index (χ0n) is 13.4. The van der Waals surface area contributed by atoms with Crippen LogP contribution in [0.2, 0.25) is 0 Å². The van der Waals surface area contributed by atoms with Gasteiger partial charge < -0.3 is 4.90 Å². The number of benzene rings is 1. The fourth-order valence-corrected chi connectivity index (χ4v) is 2.39. The van der Waals surface area contributed by atoms with Crippen molar-refractivity contribution >= 4 is 17.5 Å². The van der Waals surface area contributed by atoms with Gasteiger partial charge in [0.15, 0.2) is 5.78 Å². The highest BCUT2D eigenvalue weighted by Gasteiger charge is 2.28. The number of Topliss-reactive ketones (excluding diaryl/α,β-unsaturated/α-hetero) is 1. The minimum absolute atomic E-state index is 0.0847. The molecule has 0 atom stereocenters. The molecule has 0 heterocycles. The maximum absolute atomic E-state index is 12.1. The molecule has 0 bridgehead atoms. The lowest BCUT2D eigenvalue weighted by Gasteiger charge is -2.11. The SMILES string of the molecule is CN(C)c1ccc(/C=C/C2=C(C#N)C(=C(C#N)C#N)CC2=O)cc1. The molecule has 0 radical (unpaired) electrons. The molecular formula is C19H14N4O. The van der Waals surface area contributed by atoms with Crippen LogP contribution in [-0.4, -0.2) is 19.9 Å². The van der Waals surface area contributed by atoms with Crippen molar-refractivity contribution in [2.24, 2.45) is 0 Å². The normalized spacial score (nSPS) is 13.6. The van der Waals surface area contributed by atoms with E-state index in [1.165, 1.54) is 0 Å². The Labute approximate surface area is 140 Å². The molecule has 116 valence electrons. The maximum atomic E-state index is 12.1. The third-order valence-corrected chi connectivity index (χ3v) is 3.70. The summed E-state index contributed by atoms with van der Waals surface area (Å²) < 4.78 is 0. The molecule has 5 nitrogen and oxygen atoms in total. The van der Waals surface area contributed by atoms with Crippen molar-refractivity contribution in [3.63, 3.8) is 0 Å². The number of hydrogen-bond acceptors (Lipinski definition) is 5. The van der Waals surface area contributed by atoms with Gasteiger partial charge in [0, 0.05) is 37.3 Å². The third kappa shape index (κ3) is 3.24. The molecule has 0 saturated carbocycles. The maximum Gasteiger partial charge on any atom is 0.168 e. The van der Waals surface area contributed by atoms with Crippen LogP contribution >= 0.6 is 0 Å². The van der Waals surface area contributed by atoms with Crippen LogP contribution < -0.4 is 4.90 Å². The molecule has 1 aromatic carbocycles. The second-order valence-corrected chi connectivity index (χ2v) is 5.40. The molecule has 1 aromatic rings. The molecule has 0 aliphatic heterocycles. The summed E-state index contributed by atoms with van der Waals surface area (Å²) in [6.45, 7) is 0. The van der Waals surface area contributed by atoms with Crippen LogP contribution in [0.1, 0.15) is 12.0 Å². The van der Waals surface area contributed by atoms with E-state index >= 15 is 0 Å². The monoisotopic (exact) mass is 314 g/mol. The Morgan fingerprint density at radius 2 is 1.71 bits per heavy atom. The molecule has 2 rings (SSSR count). The quantitative estimate of drug-likeness (QED) is 0.800. The lowest BCUT2D eigenvalue weighted by atomic mass is 10.0. The van der Waals surface area contributed by atoms with Gasteiger partial charge in [-0.15, -0.1) is 0 Å². The van der Waals surface area contributed by atoms with E-state index in [2.05, 4.69) is 0 Å². The summed E-state index contributed by atoms with van der Waals surface area (Å²) in [5, 5.41) is 27.2. The number of nitrogens with zero attached hydrogens (tertiary/aromatic N) is 4. The molecule has 0 saturated heterocycles. The second kappa shape index (κ2) is 7.09. The predicted molar refractivity (Wildman–Crippen MR) is 90.3 cm³/mol. The van der Waals surface area contributed by atoms with Gasteiger partial charge in [-0.1, -0.05) is 18.2 Å². The molecule has 24 heavy (non-hydrogen) atoms. The van der Waals surface area contributed by atoms with Gasteiger partial charge in [0.1, 0.15) is 23.8 Å². The van der Waals surface area contributed by atoms with E-state index in [-0.39, 0.29) is 34.5 Å². The number of hydrogen-bond donors (Lipinski definition) is 0. The zero-order valence-corrected chi connectivity index (χ0v) is 13.4. The van der Waals surface area contributed by atoms with Gasteiger partial charge in [-0.25, -0.2) is 0 Å². The summed E-state index contributed by atoms with van der Waals surface area (Å²) in [4.78, 5) is 14.1. The van der Waals surface area contributed by atoms with E-state index < -0.39 is 0 Å². The minimum atomic E-state index is -0.259. The van der Waals surface area contributed by atoms with Crippen molar-refractivity contribution in [1.29, 1.82) is 15.8 Å². The highest BCUT2D eigenvalue weighted by Crippen LogP contribution is 2.31. The van der Waals surface area contributed by atoms with E-state index in [9.17, 15) is 10.1 Å². The molecular weight excluding hydrogens is 300 g/mol. The lowest BCUT2D eigenvalue weighted by Crippen LogP contribution is -2.07. The standard InChI is InChI=1S/C19H14N4O/c1-23(2)15-6-3-13(4-7-15)5-8-16-18(12-22)17(9-19(16)24)14(10-20)11-21/h3-8H,9H2,1-2H3/b8-5+. The zero-order chi connectivity index (χ0) is 17.7. The Bertz CT molecular complexity index is 879. The molecule has 0 amide bonds. The van der Waals surface area contributed by atoms with Crippen LogP contribution in [0.4, 0.5) is 5.69 Å². The van der Waals surface area contributed by atoms with E-state index in [0.29, 0.717) is 0 Å². The van der Waals surface area contributed by atoms with Crippen molar-refractivity contribution in [3.8, 4) is 18.2 Å². The van der Waals surface area contributed by atoms with Crippen LogP contribution in [0.25, 0.3) is 6.08 Å². The first-order chi connectivity index (χ1) is 11.5. The summed E-state index contributed by atoms with van der Waals surface area (Å²) in [5.41, 5.74) is 2.33. The molecule has 0 aromatic heterocycles. The summed E-state index contributed by atoms with van der Waals surface area (Å²) >= 11 is 0. The van der Waals surface area contributed by atoms with Crippen LogP contribution in [0, 0.1) is 34.0 Å². The molecule has 0 unspecified atom stereocenters. The fourth-order valence-electron chi connectivity index (χ4n) is 2.39. The van der Waals surface area contributed by atoms with Crippen LogP contribution in [0.5, 0.6) is 0 Å². The van der Waals surface area contributed by atoms with Gasteiger partial charge in [0.2, 0.25) is 0 Å². The molecule has 0 N–H and O–H groups in total. The van der Waals surface area contributed by atoms with Crippen molar-refractivity contribution in [1.82, 2.24) is 0 Å². The Kier molecular flexibility index (Phi) is 4.95. The largest absolute Gasteiger partial charge is 0.378 e. The van der Waals surface area contributed by atoms with Crippen molar-refractivity contribution in [2.45, 2.75) is 6.42 Å². The Morgan fingerprint density at radius 1 is 1.08 bits per heavy atom. The van der Waals surface area contributed by atoms with Crippen LogP contribution in [0.15, 0.2) is 52.6 Å². The molecule has 5 heteroatoms. The van der Waals surface area contributed by atoms with E-state index in [1.54, 1.807) is 24.3 Å². The summed E-state index contributed by atoms with van der Waals surface area (Å²) in [7, 11) is 3.89. The van der Waals surface area contributed by atoms with Gasteiger partial charge in [-0.05, 0) is 23.8 Å². The first kappa shape index (κ1) is 16.7. The van der Waals surface area contributed by atoms with Gasteiger partial charge in [0.25, 0.3) is 0 Å². The van der Waals surface area contributed by atoms with Crippen molar-refractivity contribution < 1.29 is 4.79 Å². The van der Waals surface area contributed by atoms with Gasteiger partial charge in [0.05, 0.1) is 5.57 Å². The Balaban J connectivity index is 2.40. The number of ketones is 1. The number of allylic oxidation sites excluding steroid dienone is 5. The summed E-state index contributed by atoms with van der Waals surface area (Å²) in [5.74, 6) is -0.259. The van der Waals surface area contributed by atoms with E-state index in [0.717, 1.165) is 11.3 Å². The first-order valence-corrected chi connectivity index (χ1v) is 7.18. The Morgan fingerprint density at radius 3 is 2.21 bits per heavy atom. The van der Waals surface area contributed by atoms with Crippen LogP contribution in [-0.2, 0) is 4.79 Å². The summed E-state index contributed by atoms with van der Waals surface area (Å²) in [6.07, 6.45) is 3.23. The van der Waals surface area contributed by atoms with E-state index in [1.807, 2.05) is 49.3 Å². The second-order valence-electron chi connectivity index (χ2n) is 5.40. The van der Waals surface area contributed by atoms with Crippen molar-refractivity contribution in [2.75, 3.05) is 19.0 Å². The third-order valence-electron chi connectivity index (χ3n) is 3.70. The average Bonchev–Trinajstić information content (AvgIpc) is 2.90. The first-order valence-electron chi connectivity index (χ1n) is 7.18. The Hall–Kier alpha value is -3.62. The smallest absolute Gasteiger partial charge is 0.168 e. The fraction of sp³-hybridized carbons (Fsp3) is 0.158. The number of carbonyl (C=O) groups is 1. The molecule has 0 fully saturated rings. The average molecular weight is 314 g/mol. The van der Waals surface area contributed by atoms with Gasteiger partial charge in [-0.2, -0.15) is 15.8 Å². The molecule has 0 spiro atoms. The lowest BCUT2D eigenvalue weighted by molar-refractivity contribution is -0.114. The number of anilines is 1. The highest BCUT2D eigenvalue weighted by atomic mass is 16.1. The number of rotatable bonds is 3. The number of nitriles is 3. The van der Waals surface area contributed by atoms with Gasteiger partial charge >= 0.3 is 0 Å². The minimum Gasteiger partial charge on any atom is -0.378 e. The molecule has 1 aliphatic carbocycles. The van der Waals surface area contributed by atoms with E-state index in [4.69, 9.17) is 10.5 Å². The predicted octanol–water partition coefficient (Wildman–Crippen LogP) is 2.90. The number of carbonyl (C=O) groups excluding carboxylic acids is 1. The highest BCUT2D eigenvalue weighted by molar-refractivity contribution is 6.07. The van der Waals surface area contributed by atoms with Crippen LogP contribution in [0.3, 0.4) is 0 Å². The van der Waals surface area contributed by atoms with Crippen molar-refractivity contribution in [3.05, 3.63) is 58.2 Å².